The van der Waals surface area contributed by atoms with E-state index in [9.17, 15) is 0 Å². The van der Waals surface area contributed by atoms with E-state index in [1.165, 1.54) is 0 Å². The molecule has 4 heteroatoms. The van der Waals surface area contributed by atoms with Gasteiger partial charge in [0.05, 0.1) is 0 Å². The highest BCUT2D eigenvalue weighted by molar-refractivity contribution is 5.32. The standard InChI is InChI=1S/C16H28N2O2/c1-14(2,3)11-10-17-13(20-16(7,8)9)18-12(11)19-15(4,5)6/h10H,1-9H3. The molecule has 0 fully saturated rings. The van der Waals surface area contributed by atoms with Gasteiger partial charge >= 0.3 is 6.01 Å². The summed E-state index contributed by atoms with van der Waals surface area (Å²) in [7, 11) is 0. The van der Waals surface area contributed by atoms with Crippen LogP contribution in [0.15, 0.2) is 6.20 Å². The average molecular weight is 280 g/mol. The van der Waals surface area contributed by atoms with Gasteiger partial charge < -0.3 is 9.47 Å². The molecule has 0 saturated heterocycles. The van der Waals surface area contributed by atoms with Crippen molar-refractivity contribution in [2.24, 2.45) is 0 Å². The molecular formula is C16H28N2O2. The second-order valence-corrected chi connectivity index (χ2v) is 8.05. The molecule has 0 saturated carbocycles. The van der Waals surface area contributed by atoms with Crippen LogP contribution in [0.25, 0.3) is 0 Å². The van der Waals surface area contributed by atoms with Crippen molar-refractivity contribution in [1.82, 2.24) is 9.97 Å². The SMILES string of the molecule is CC(C)(C)Oc1ncc(C(C)(C)C)c(OC(C)(C)C)n1. The maximum Gasteiger partial charge on any atom is 0.320 e. The summed E-state index contributed by atoms with van der Waals surface area (Å²) in [5.74, 6) is 0.597. The molecule has 20 heavy (non-hydrogen) atoms. The van der Waals surface area contributed by atoms with Crippen LogP contribution in [0.3, 0.4) is 0 Å². The van der Waals surface area contributed by atoms with Gasteiger partial charge in [-0.3, -0.25) is 0 Å². The van der Waals surface area contributed by atoms with E-state index >= 15 is 0 Å². The van der Waals surface area contributed by atoms with E-state index in [4.69, 9.17) is 9.47 Å². The lowest BCUT2D eigenvalue weighted by Crippen LogP contribution is -2.28. The molecule has 0 radical (unpaired) electrons. The number of ether oxygens (including phenoxy) is 2. The third-order valence-electron chi connectivity index (χ3n) is 2.34. The summed E-state index contributed by atoms with van der Waals surface area (Å²) in [5.41, 5.74) is 0.255. The summed E-state index contributed by atoms with van der Waals surface area (Å²) >= 11 is 0. The first-order valence-corrected chi connectivity index (χ1v) is 7.03. The van der Waals surface area contributed by atoms with E-state index in [-0.39, 0.29) is 16.6 Å². The lowest BCUT2D eigenvalue weighted by atomic mass is 9.89. The lowest BCUT2D eigenvalue weighted by molar-refractivity contribution is 0.101. The maximum atomic E-state index is 5.98. The molecule has 0 N–H and O–H groups in total. The quantitative estimate of drug-likeness (QED) is 0.817. The minimum Gasteiger partial charge on any atom is -0.472 e. The fourth-order valence-electron chi connectivity index (χ4n) is 1.56. The Morgan fingerprint density at radius 1 is 0.800 bits per heavy atom. The highest BCUT2D eigenvalue weighted by Crippen LogP contribution is 2.32. The molecule has 1 aromatic heterocycles. The molecule has 0 aliphatic carbocycles. The Kier molecular flexibility index (Phi) is 4.37. The van der Waals surface area contributed by atoms with Crippen LogP contribution in [-0.2, 0) is 5.41 Å². The van der Waals surface area contributed by atoms with Crippen LogP contribution < -0.4 is 9.47 Å². The van der Waals surface area contributed by atoms with Crippen molar-refractivity contribution in [3.8, 4) is 11.9 Å². The summed E-state index contributed by atoms with van der Waals surface area (Å²) in [4.78, 5) is 8.76. The van der Waals surface area contributed by atoms with Crippen LogP contribution >= 0.6 is 0 Å². The van der Waals surface area contributed by atoms with Crippen molar-refractivity contribution in [1.29, 1.82) is 0 Å². The molecule has 0 unspecified atom stereocenters. The van der Waals surface area contributed by atoms with Crippen molar-refractivity contribution in [2.45, 2.75) is 78.9 Å². The van der Waals surface area contributed by atoms with Gasteiger partial charge in [-0.2, -0.15) is 4.98 Å². The average Bonchev–Trinajstić information content (AvgIpc) is 2.09. The molecule has 0 atom stereocenters. The second kappa shape index (κ2) is 5.23. The van der Waals surface area contributed by atoms with Crippen LogP contribution in [0.1, 0.15) is 67.9 Å². The van der Waals surface area contributed by atoms with Gasteiger partial charge in [-0.05, 0) is 47.0 Å². The van der Waals surface area contributed by atoms with Gasteiger partial charge in [0.25, 0.3) is 0 Å². The molecule has 1 heterocycles. The monoisotopic (exact) mass is 280 g/mol. The van der Waals surface area contributed by atoms with Gasteiger partial charge in [0.1, 0.15) is 11.2 Å². The van der Waals surface area contributed by atoms with Crippen LogP contribution in [0.2, 0.25) is 0 Å². The predicted octanol–water partition coefficient (Wildman–Crippen LogP) is 4.13. The van der Waals surface area contributed by atoms with Crippen molar-refractivity contribution in [3.63, 3.8) is 0 Å². The molecule has 0 aliphatic heterocycles. The van der Waals surface area contributed by atoms with Gasteiger partial charge in [0.2, 0.25) is 5.88 Å². The van der Waals surface area contributed by atoms with Crippen LogP contribution in [-0.4, -0.2) is 21.2 Å². The second-order valence-electron chi connectivity index (χ2n) is 8.05. The van der Waals surface area contributed by atoms with Crippen molar-refractivity contribution in [3.05, 3.63) is 11.8 Å². The Morgan fingerprint density at radius 2 is 1.30 bits per heavy atom. The molecular weight excluding hydrogens is 252 g/mol. The molecule has 114 valence electrons. The largest absolute Gasteiger partial charge is 0.472 e. The number of hydrogen-bond donors (Lipinski definition) is 0. The first kappa shape index (κ1) is 16.7. The first-order chi connectivity index (χ1) is 8.78. The van der Waals surface area contributed by atoms with Crippen LogP contribution in [0.4, 0.5) is 0 Å². The molecule has 4 nitrogen and oxygen atoms in total. The Labute approximate surface area is 122 Å². The normalized spacial score (nSPS) is 13.2. The van der Waals surface area contributed by atoms with Crippen molar-refractivity contribution < 1.29 is 9.47 Å². The zero-order chi connectivity index (χ0) is 15.8. The summed E-state index contributed by atoms with van der Waals surface area (Å²) in [6.45, 7) is 18.3. The van der Waals surface area contributed by atoms with Crippen molar-refractivity contribution in [2.75, 3.05) is 0 Å². The summed E-state index contributed by atoms with van der Waals surface area (Å²) in [5, 5.41) is 0. The molecule has 0 bridgehead atoms. The molecule has 0 aromatic carbocycles. The van der Waals surface area contributed by atoms with Gasteiger partial charge in [-0.25, -0.2) is 4.98 Å². The van der Waals surface area contributed by atoms with E-state index in [0.29, 0.717) is 11.9 Å². The third-order valence-corrected chi connectivity index (χ3v) is 2.34. The maximum absolute atomic E-state index is 5.98. The van der Waals surface area contributed by atoms with Crippen LogP contribution in [0.5, 0.6) is 11.9 Å². The van der Waals surface area contributed by atoms with Crippen LogP contribution in [0, 0.1) is 0 Å². The Balaban J connectivity index is 3.22. The molecule has 0 spiro atoms. The smallest absolute Gasteiger partial charge is 0.320 e. The molecule has 1 aromatic rings. The lowest BCUT2D eigenvalue weighted by Gasteiger charge is -2.27. The third kappa shape index (κ3) is 5.35. The Hall–Kier alpha value is -1.32. The molecule has 0 amide bonds. The topological polar surface area (TPSA) is 44.2 Å². The number of nitrogens with zero attached hydrogens (tertiary/aromatic N) is 2. The van der Waals surface area contributed by atoms with Crippen molar-refractivity contribution >= 4 is 0 Å². The number of aromatic nitrogens is 2. The highest BCUT2D eigenvalue weighted by atomic mass is 16.5. The van der Waals surface area contributed by atoms with Gasteiger partial charge in [-0.15, -0.1) is 0 Å². The summed E-state index contributed by atoms with van der Waals surface area (Å²) in [6.07, 6.45) is 1.80. The number of hydrogen-bond acceptors (Lipinski definition) is 4. The van der Waals surface area contributed by atoms with E-state index < -0.39 is 0 Å². The fraction of sp³-hybridized carbons (Fsp3) is 0.750. The van der Waals surface area contributed by atoms with E-state index in [0.717, 1.165) is 5.56 Å². The predicted molar refractivity (Wildman–Crippen MR) is 81.5 cm³/mol. The molecule has 0 aliphatic rings. The minimum atomic E-state index is -0.331. The zero-order valence-electron chi connectivity index (χ0n) is 14.3. The Morgan fingerprint density at radius 3 is 1.70 bits per heavy atom. The highest BCUT2D eigenvalue weighted by Gasteiger charge is 2.26. The van der Waals surface area contributed by atoms with E-state index in [2.05, 4.69) is 30.7 Å². The summed E-state index contributed by atoms with van der Waals surface area (Å²) in [6, 6.07) is 0.352. The van der Waals surface area contributed by atoms with E-state index in [1.54, 1.807) is 6.20 Å². The number of rotatable bonds is 2. The van der Waals surface area contributed by atoms with Gasteiger partial charge in [0, 0.05) is 11.8 Å². The fourth-order valence-corrected chi connectivity index (χ4v) is 1.56. The van der Waals surface area contributed by atoms with E-state index in [1.807, 2.05) is 41.5 Å². The minimum absolute atomic E-state index is 0.0825. The molecule has 1 rings (SSSR count). The first-order valence-electron chi connectivity index (χ1n) is 7.03. The summed E-state index contributed by atoms with van der Waals surface area (Å²) < 4.78 is 11.7. The van der Waals surface area contributed by atoms with Gasteiger partial charge in [0.15, 0.2) is 0 Å². The Bertz CT molecular complexity index is 463. The van der Waals surface area contributed by atoms with Gasteiger partial charge in [-0.1, -0.05) is 20.8 Å². The zero-order valence-corrected chi connectivity index (χ0v) is 14.3.